The van der Waals surface area contributed by atoms with Crippen molar-refractivity contribution in [2.24, 2.45) is 0 Å². The lowest BCUT2D eigenvalue weighted by Gasteiger charge is -2.28. The Morgan fingerprint density at radius 3 is 2.25 bits per heavy atom. The van der Waals surface area contributed by atoms with E-state index in [4.69, 9.17) is 14.2 Å². The summed E-state index contributed by atoms with van der Waals surface area (Å²) in [6.07, 6.45) is 9.19. The van der Waals surface area contributed by atoms with E-state index in [9.17, 15) is 9.59 Å². The number of ether oxygens (including phenoxy) is 3. The number of benzene rings is 1. The first-order valence-electron chi connectivity index (χ1n) is 10.3. The predicted octanol–water partition coefficient (Wildman–Crippen LogP) is 4.94. The average molecular weight is 389 g/mol. The Bertz CT molecular complexity index is 614. The highest BCUT2D eigenvalue weighted by atomic mass is 16.5. The first-order chi connectivity index (χ1) is 13.6. The van der Waals surface area contributed by atoms with E-state index in [1.807, 2.05) is 12.1 Å². The lowest BCUT2D eigenvalue weighted by atomic mass is 9.83. The molecule has 1 aliphatic carbocycles. The molecule has 0 spiro atoms. The van der Waals surface area contributed by atoms with Gasteiger partial charge in [0.25, 0.3) is 0 Å². The molecule has 1 fully saturated rings. The molecule has 2 rings (SSSR count). The topological polar surface area (TPSA) is 61.8 Å². The van der Waals surface area contributed by atoms with Crippen LogP contribution in [0.1, 0.15) is 69.8 Å². The highest BCUT2D eigenvalue weighted by Crippen LogP contribution is 2.34. The summed E-state index contributed by atoms with van der Waals surface area (Å²) in [7, 11) is 0. The molecule has 0 saturated heterocycles. The summed E-state index contributed by atoms with van der Waals surface area (Å²) in [6, 6.07) is 8.39. The zero-order chi connectivity index (χ0) is 20.2. The maximum Gasteiger partial charge on any atom is 0.330 e. The minimum Gasteiger partial charge on any atom is -0.494 e. The third kappa shape index (κ3) is 8.15. The smallest absolute Gasteiger partial charge is 0.330 e. The molecule has 5 nitrogen and oxygen atoms in total. The van der Waals surface area contributed by atoms with Crippen LogP contribution in [0.2, 0.25) is 0 Å². The van der Waals surface area contributed by atoms with Gasteiger partial charge in [-0.3, -0.25) is 4.79 Å². The van der Waals surface area contributed by atoms with Crippen LogP contribution in [0.15, 0.2) is 36.9 Å². The van der Waals surface area contributed by atoms with Gasteiger partial charge in [-0.05, 0) is 75.0 Å². The molecule has 1 aromatic rings. The fourth-order valence-electron chi connectivity index (χ4n) is 3.56. The van der Waals surface area contributed by atoms with Crippen LogP contribution in [0.4, 0.5) is 0 Å². The Morgan fingerprint density at radius 2 is 1.64 bits per heavy atom. The minimum atomic E-state index is -0.357. The molecule has 0 unspecified atom stereocenters. The van der Waals surface area contributed by atoms with E-state index in [1.54, 1.807) is 0 Å². The summed E-state index contributed by atoms with van der Waals surface area (Å²) < 4.78 is 16.1. The Hall–Kier alpha value is -2.30. The molecule has 0 aromatic heterocycles. The highest BCUT2D eigenvalue weighted by molar-refractivity contribution is 5.81. The van der Waals surface area contributed by atoms with E-state index >= 15 is 0 Å². The van der Waals surface area contributed by atoms with Crippen molar-refractivity contribution >= 4 is 11.9 Å². The van der Waals surface area contributed by atoms with Gasteiger partial charge in [0.2, 0.25) is 0 Å². The van der Waals surface area contributed by atoms with Gasteiger partial charge in [0.1, 0.15) is 11.9 Å². The van der Waals surface area contributed by atoms with Crippen molar-refractivity contribution < 1.29 is 23.8 Å². The fraction of sp³-hybridized carbons (Fsp3) is 0.565. The Kier molecular flexibility index (Phi) is 9.60. The molecule has 0 N–H and O–H groups in total. The molecule has 28 heavy (non-hydrogen) atoms. The molecular formula is C23H32O5. The van der Waals surface area contributed by atoms with Gasteiger partial charge >= 0.3 is 11.9 Å². The van der Waals surface area contributed by atoms with Crippen LogP contribution in [0.5, 0.6) is 5.75 Å². The van der Waals surface area contributed by atoms with E-state index < -0.39 is 0 Å². The summed E-state index contributed by atoms with van der Waals surface area (Å²) in [6.45, 7) is 5.99. The van der Waals surface area contributed by atoms with E-state index in [0.29, 0.717) is 19.1 Å². The summed E-state index contributed by atoms with van der Waals surface area (Å²) in [4.78, 5) is 22.0. The molecule has 1 aromatic carbocycles. The van der Waals surface area contributed by atoms with Crippen LogP contribution in [-0.4, -0.2) is 31.3 Å². The molecule has 154 valence electrons. The maximum absolute atomic E-state index is 11.1. The van der Waals surface area contributed by atoms with Gasteiger partial charge in [-0.15, -0.1) is 0 Å². The first kappa shape index (κ1) is 22.0. The Balaban J connectivity index is 1.58. The number of carbonyl (C=O) groups is 2. The molecule has 1 saturated carbocycles. The van der Waals surface area contributed by atoms with Gasteiger partial charge in [-0.1, -0.05) is 18.7 Å². The fourth-order valence-corrected chi connectivity index (χ4v) is 3.56. The molecule has 0 amide bonds. The lowest BCUT2D eigenvalue weighted by Crippen LogP contribution is -2.22. The molecule has 0 aliphatic heterocycles. The highest BCUT2D eigenvalue weighted by Gasteiger charge is 2.24. The lowest BCUT2D eigenvalue weighted by molar-refractivity contribution is -0.147. The number of rotatable bonds is 11. The number of hydrogen-bond acceptors (Lipinski definition) is 5. The third-order valence-corrected chi connectivity index (χ3v) is 5.08. The van der Waals surface area contributed by atoms with Crippen molar-refractivity contribution in [3.8, 4) is 5.75 Å². The second-order valence-corrected chi connectivity index (χ2v) is 7.29. The molecule has 0 bridgehead atoms. The predicted molar refractivity (Wildman–Crippen MR) is 108 cm³/mol. The van der Waals surface area contributed by atoms with E-state index in [2.05, 4.69) is 18.7 Å². The second-order valence-electron chi connectivity index (χ2n) is 7.29. The number of hydrogen-bond donors (Lipinski definition) is 0. The van der Waals surface area contributed by atoms with Crippen molar-refractivity contribution in [2.45, 2.75) is 70.3 Å². The van der Waals surface area contributed by atoms with Gasteiger partial charge in [0.15, 0.2) is 0 Å². The molecule has 1 aliphatic rings. The first-order valence-corrected chi connectivity index (χ1v) is 10.3. The van der Waals surface area contributed by atoms with Crippen LogP contribution >= 0.6 is 0 Å². The Morgan fingerprint density at radius 1 is 1.00 bits per heavy atom. The zero-order valence-corrected chi connectivity index (χ0v) is 16.9. The average Bonchev–Trinajstić information content (AvgIpc) is 2.70. The molecule has 0 radical (unpaired) electrons. The number of unbranched alkanes of at least 4 members (excludes halogenated alkanes) is 3. The van der Waals surface area contributed by atoms with E-state index in [-0.39, 0.29) is 18.0 Å². The number of esters is 2. The molecular weight excluding hydrogens is 356 g/mol. The van der Waals surface area contributed by atoms with Crippen LogP contribution in [-0.2, 0) is 19.1 Å². The Labute approximate surface area is 168 Å². The number of carbonyl (C=O) groups excluding carboxylic acids is 2. The van der Waals surface area contributed by atoms with Crippen molar-refractivity contribution in [2.75, 3.05) is 13.2 Å². The SMILES string of the molecule is C=CC(=O)OCCCCCCOc1ccc(C2CCC(OC(C)=O)CC2)cc1. The van der Waals surface area contributed by atoms with Crippen LogP contribution < -0.4 is 4.74 Å². The quantitative estimate of drug-likeness (QED) is 0.305. The molecule has 5 heteroatoms. The van der Waals surface area contributed by atoms with Gasteiger partial charge in [0, 0.05) is 13.0 Å². The summed E-state index contributed by atoms with van der Waals surface area (Å²) in [5, 5.41) is 0. The zero-order valence-electron chi connectivity index (χ0n) is 16.9. The van der Waals surface area contributed by atoms with Gasteiger partial charge in [-0.25, -0.2) is 4.79 Å². The standard InChI is InChI=1S/C23H32O5/c1-3-23(25)27-17-7-5-4-6-16-26-21-12-8-19(9-13-21)20-10-14-22(15-11-20)28-18(2)24/h3,8-9,12-13,20,22H,1,4-7,10-11,14-17H2,2H3. The molecule has 0 atom stereocenters. The van der Waals surface area contributed by atoms with Gasteiger partial charge in [-0.2, -0.15) is 0 Å². The van der Waals surface area contributed by atoms with E-state index in [1.165, 1.54) is 18.6 Å². The second kappa shape index (κ2) is 12.2. The third-order valence-electron chi connectivity index (χ3n) is 5.08. The van der Waals surface area contributed by atoms with Gasteiger partial charge < -0.3 is 14.2 Å². The minimum absolute atomic E-state index is 0.0883. The van der Waals surface area contributed by atoms with Crippen molar-refractivity contribution in [1.29, 1.82) is 0 Å². The van der Waals surface area contributed by atoms with E-state index in [0.717, 1.165) is 57.1 Å². The monoisotopic (exact) mass is 388 g/mol. The van der Waals surface area contributed by atoms with Crippen LogP contribution in [0.25, 0.3) is 0 Å². The summed E-state index contributed by atoms with van der Waals surface area (Å²) in [5.41, 5.74) is 1.34. The summed E-state index contributed by atoms with van der Waals surface area (Å²) >= 11 is 0. The summed E-state index contributed by atoms with van der Waals surface area (Å²) in [5.74, 6) is 0.901. The van der Waals surface area contributed by atoms with Crippen LogP contribution in [0, 0.1) is 0 Å². The molecule has 0 heterocycles. The van der Waals surface area contributed by atoms with Crippen molar-refractivity contribution in [3.05, 3.63) is 42.5 Å². The largest absolute Gasteiger partial charge is 0.494 e. The van der Waals surface area contributed by atoms with Gasteiger partial charge in [0.05, 0.1) is 13.2 Å². The maximum atomic E-state index is 11.1. The van der Waals surface area contributed by atoms with Crippen LogP contribution in [0.3, 0.4) is 0 Å². The van der Waals surface area contributed by atoms with Crippen molar-refractivity contribution in [1.82, 2.24) is 0 Å². The normalized spacial score (nSPS) is 18.9. The van der Waals surface area contributed by atoms with Crippen molar-refractivity contribution in [3.63, 3.8) is 0 Å².